The number of nitrogens with zero attached hydrogens (tertiary/aromatic N) is 1. The molecule has 1 atom stereocenters. The van der Waals surface area contributed by atoms with Gasteiger partial charge in [0.15, 0.2) is 0 Å². The number of hydrogen-bond donors (Lipinski definition) is 0. The molecular weight excluding hydrogens is 238 g/mol. The summed E-state index contributed by atoms with van der Waals surface area (Å²) >= 11 is 3.75. The van der Waals surface area contributed by atoms with Crippen LogP contribution in [-0.2, 0) is 6.42 Å². The Morgan fingerprint density at radius 3 is 2.86 bits per heavy atom. The third-order valence-electron chi connectivity index (χ3n) is 2.97. The van der Waals surface area contributed by atoms with Crippen LogP contribution in [0.3, 0.4) is 0 Å². The quantitative estimate of drug-likeness (QED) is 0.748. The topological polar surface area (TPSA) is 12.9 Å². The minimum absolute atomic E-state index is 0.614. The highest BCUT2D eigenvalue weighted by atomic mass is 79.9. The van der Waals surface area contributed by atoms with Crippen molar-refractivity contribution in [2.24, 2.45) is 5.92 Å². The summed E-state index contributed by atoms with van der Waals surface area (Å²) in [7, 11) is 0. The number of halogens is 1. The molecule has 0 N–H and O–H groups in total. The predicted molar refractivity (Wildman–Crippen MR) is 62.6 cm³/mol. The molecule has 1 aromatic heterocycles. The molecule has 14 heavy (non-hydrogen) atoms. The lowest BCUT2D eigenvalue weighted by molar-refractivity contribution is 0.294. The van der Waals surface area contributed by atoms with Crippen molar-refractivity contribution in [2.75, 3.05) is 0 Å². The average molecular weight is 254 g/mol. The van der Waals surface area contributed by atoms with E-state index in [9.17, 15) is 0 Å². The average Bonchev–Trinajstić information content (AvgIpc) is 2.13. The highest BCUT2D eigenvalue weighted by molar-refractivity contribution is 9.09. The number of hydrogen-bond acceptors (Lipinski definition) is 1. The van der Waals surface area contributed by atoms with Gasteiger partial charge in [0.25, 0.3) is 0 Å². The Morgan fingerprint density at radius 1 is 1.43 bits per heavy atom. The lowest BCUT2D eigenvalue weighted by atomic mass is 9.81. The summed E-state index contributed by atoms with van der Waals surface area (Å²) in [6.07, 6.45) is 8.56. The van der Waals surface area contributed by atoms with Gasteiger partial charge in [-0.2, -0.15) is 0 Å². The molecule has 76 valence electrons. The first kappa shape index (κ1) is 10.2. The first-order valence-electron chi connectivity index (χ1n) is 5.38. The van der Waals surface area contributed by atoms with E-state index in [0.717, 1.165) is 12.3 Å². The van der Waals surface area contributed by atoms with Crippen molar-refractivity contribution >= 4 is 15.9 Å². The van der Waals surface area contributed by atoms with E-state index in [0.29, 0.717) is 4.83 Å². The molecule has 0 aliphatic heterocycles. The molecule has 0 saturated heterocycles. The highest BCUT2D eigenvalue weighted by Crippen LogP contribution is 2.32. The van der Waals surface area contributed by atoms with E-state index in [2.05, 4.69) is 33.0 Å². The normalized spacial score (nSPS) is 18.9. The van der Waals surface area contributed by atoms with Crippen molar-refractivity contribution in [3.8, 4) is 0 Å². The van der Waals surface area contributed by atoms with E-state index in [1.54, 1.807) is 0 Å². The molecule has 1 aliphatic rings. The Hall–Kier alpha value is -0.370. The van der Waals surface area contributed by atoms with Crippen molar-refractivity contribution in [1.29, 1.82) is 0 Å². The zero-order chi connectivity index (χ0) is 9.80. The third-order valence-corrected chi connectivity index (χ3v) is 3.67. The standard InChI is InChI=1S/C12H16BrN/c13-11(8-10-4-3-5-10)9-12-6-1-2-7-14-12/h1-2,6-7,10-11H,3-5,8-9H2. The van der Waals surface area contributed by atoms with Gasteiger partial charge in [0, 0.05) is 23.1 Å². The molecule has 1 nitrogen and oxygen atoms in total. The number of rotatable bonds is 4. The molecule has 0 bridgehead atoms. The first-order valence-corrected chi connectivity index (χ1v) is 6.30. The van der Waals surface area contributed by atoms with E-state index >= 15 is 0 Å². The van der Waals surface area contributed by atoms with E-state index in [1.807, 2.05) is 12.3 Å². The number of aromatic nitrogens is 1. The van der Waals surface area contributed by atoms with Gasteiger partial charge in [-0.3, -0.25) is 4.98 Å². The Kier molecular flexibility index (Phi) is 3.57. The van der Waals surface area contributed by atoms with Crippen LogP contribution in [0.2, 0.25) is 0 Å². The predicted octanol–water partition coefficient (Wildman–Crippen LogP) is 3.58. The maximum absolute atomic E-state index is 4.34. The van der Waals surface area contributed by atoms with Gasteiger partial charge in [-0.1, -0.05) is 41.3 Å². The molecule has 0 aromatic carbocycles. The van der Waals surface area contributed by atoms with Crippen LogP contribution in [0.25, 0.3) is 0 Å². The number of alkyl halides is 1. The summed E-state index contributed by atoms with van der Waals surface area (Å²) in [6, 6.07) is 6.14. The molecule has 1 aliphatic carbocycles. The Morgan fingerprint density at radius 2 is 2.29 bits per heavy atom. The molecule has 1 fully saturated rings. The maximum Gasteiger partial charge on any atom is 0.0414 e. The molecule has 2 rings (SSSR count). The highest BCUT2D eigenvalue weighted by Gasteiger charge is 2.20. The van der Waals surface area contributed by atoms with Gasteiger partial charge < -0.3 is 0 Å². The van der Waals surface area contributed by atoms with Gasteiger partial charge in [-0.15, -0.1) is 0 Å². The van der Waals surface area contributed by atoms with Gasteiger partial charge in [0.05, 0.1) is 0 Å². The number of pyridine rings is 1. The van der Waals surface area contributed by atoms with Crippen LogP contribution in [0.1, 0.15) is 31.4 Å². The fraction of sp³-hybridized carbons (Fsp3) is 0.583. The Labute approximate surface area is 94.1 Å². The molecule has 0 amide bonds. The van der Waals surface area contributed by atoms with Crippen molar-refractivity contribution < 1.29 is 0 Å². The van der Waals surface area contributed by atoms with Crippen LogP contribution in [-0.4, -0.2) is 9.81 Å². The van der Waals surface area contributed by atoms with Crippen molar-refractivity contribution in [1.82, 2.24) is 4.98 Å². The van der Waals surface area contributed by atoms with Gasteiger partial charge in [-0.25, -0.2) is 0 Å². The molecule has 1 unspecified atom stereocenters. The summed E-state index contributed by atoms with van der Waals surface area (Å²) in [6.45, 7) is 0. The van der Waals surface area contributed by atoms with Crippen LogP contribution in [0.5, 0.6) is 0 Å². The molecular formula is C12H16BrN. The summed E-state index contributed by atoms with van der Waals surface area (Å²) in [4.78, 5) is 4.95. The van der Waals surface area contributed by atoms with Crippen LogP contribution in [0, 0.1) is 5.92 Å². The van der Waals surface area contributed by atoms with E-state index < -0.39 is 0 Å². The molecule has 0 spiro atoms. The van der Waals surface area contributed by atoms with Crippen molar-refractivity contribution in [3.05, 3.63) is 30.1 Å². The first-order chi connectivity index (χ1) is 6.84. The largest absolute Gasteiger partial charge is 0.261 e. The van der Waals surface area contributed by atoms with Crippen LogP contribution in [0.4, 0.5) is 0 Å². The minimum Gasteiger partial charge on any atom is -0.261 e. The SMILES string of the molecule is BrC(Cc1ccccn1)CC1CCC1. The van der Waals surface area contributed by atoms with Crippen molar-refractivity contribution in [2.45, 2.75) is 36.9 Å². The fourth-order valence-corrected chi connectivity index (χ4v) is 2.78. The molecule has 1 heterocycles. The van der Waals surface area contributed by atoms with Gasteiger partial charge in [0.2, 0.25) is 0 Å². The second-order valence-corrected chi connectivity index (χ2v) is 5.45. The zero-order valence-electron chi connectivity index (χ0n) is 8.32. The van der Waals surface area contributed by atoms with Gasteiger partial charge in [-0.05, 0) is 24.5 Å². The summed E-state index contributed by atoms with van der Waals surface area (Å²) in [5, 5.41) is 0. The maximum atomic E-state index is 4.34. The van der Waals surface area contributed by atoms with E-state index in [1.165, 1.54) is 31.4 Å². The second kappa shape index (κ2) is 4.92. The molecule has 2 heteroatoms. The van der Waals surface area contributed by atoms with Crippen LogP contribution >= 0.6 is 15.9 Å². The molecule has 1 saturated carbocycles. The second-order valence-electron chi connectivity index (χ2n) is 4.16. The summed E-state index contributed by atoms with van der Waals surface area (Å²) in [5.74, 6) is 0.975. The van der Waals surface area contributed by atoms with Gasteiger partial charge >= 0.3 is 0 Å². The zero-order valence-corrected chi connectivity index (χ0v) is 9.91. The molecule has 0 radical (unpaired) electrons. The summed E-state index contributed by atoms with van der Waals surface area (Å²) < 4.78 is 0. The third kappa shape index (κ3) is 2.81. The van der Waals surface area contributed by atoms with Gasteiger partial charge in [0.1, 0.15) is 0 Å². The fourth-order valence-electron chi connectivity index (χ4n) is 1.92. The van der Waals surface area contributed by atoms with Crippen LogP contribution in [0.15, 0.2) is 24.4 Å². The monoisotopic (exact) mass is 253 g/mol. The lowest BCUT2D eigenvalue weighted by Crippen LogP contribution is -2.17. The Balaban J connectivity index is 1.79. The van der Waals surface area contributed by atoms with E-state index in [-0.39, 0.29) is 0 Å². The molecule has 1 aromatic rings. The van der Waals surface area contributed by atoms with E-state index in [4.69, 9.17) is 0 Å². The summed E-state index contributed by atoms with van der Waals surface area (Å²) in [5.41, 5.74) is 1.20. The Bertz CT molecular complexity index is 269. The van der Waals surface area contributed by atoms with Crippen molar-refractivity contribution in [3.63, 3.8) is 0 Å². The smallest absolute Gasteiger partial charge is 0.0414 e. The van der Waals surface area contributed by atoms with Crippen LogP contribution < -0.4 is 0 Å². The lowest BCUT2D eigenvalue weighted by Gasteiger charge is -2.27. The minimum atomic E-state index is 0.614.